The molecule has 1 unspecified atom stereocenters. The summed E-state index contributed by atoms with van der Waals surface area (Å²) >= 11 is 19.8. The molecule has 5 rings (SSSR count). The Balaban J connectivity index is 1.42. The number of methoxy groups -OCH3 is 1. The second kappa shape index (κ2) is 10.1. The number of carbonyl (C=O) groups is 1. The average molecular weight is 545 g/mol. The molecule has 9 heteroatoms. The number of aromatic nitrogens is 1. The van der Waals surface area contributed by atoms with Crippen LogP contribution in [0.3, 0.4) is 0 Å². The van der Waals surface area contributed by atoms with Crippen molar-refractivity contribution < 1.29 is 9.53 Å². The molecule has 3 aromatic carbocycles. The van der Waals surface area contributed by atoms with Gasteiger partial charge in [0.25, 0.3) is 5.91 Å². The Bertz CT molecular complexity index is 1470. The molecule has 1 atom stereocenters. The number of halogens is 3. The Kier molecular flexibility index (Phi) is 6.89. The number of para-hydroxylation sites is 1. The number of nitrogens with one attached hydrogen (secondary N) is 2. The van der Waals surface area contributed by atoms with Gasteiger partial charge in [-0.1, -0.05) is 70.8 Å². The molecule has 1 saturated heterocycles. The maximum Gasteiger partial charge on any atom is 0.260 e. The molecule has 2 N–H and O–H groups in total. The number of nitrogens with zero attached hydrogens (tertiary/aromatic N) is 1. The minimum absolute atomic E-state index is 0.144. The normalized spacial score (nSPS) is 16.6. The van der Waals surface area contributed by atoms with E-state index in [1.165, 1.54) is 11.8 Å². The monoisotopic (exact) mass is 543 g/mol. The molecule has 0 bridgehead atoms. The molecule has 0 radical (unpaired) electrons. The Hall–Kier alpha value is -2.77. The van der Waals surface area contributed by atoms with Crippen LogP contribution in [0, 0.1) is 0 Å². The van der Waals surface area contributed by atoms with E-state index in [0.717, 1.165) is 22.0 Å². The molecule has 35 heavy (non-hydrogen) atoms. The van der Waals surface area contributed by atoms with Gasteiger partial charge in [0, 0.05) is 34.2 Å². The van der Waals surface area contributed by atoms with Gasteiger partial charge in [0.1, 0.15) is 5.75 Å². The molecule has 5 nitrogen and oxygen atoms in total. The summed E-state index contributed by atoms with van der Waals surface area (Å²) in [6.07, 6.45) is 3.97. The van der Waals surface area contributed by atoms with Crippen LogP contribution in [0.4, 0.5) is 5.69 Å². The highest BCUT2D eigenvalue weighted by Gasteiger charge is 2.28. The van der Waals surface area contributed by atoms with Gasteiger partial charge in [0.05, 0.1) is 27.7 Å². The minimum atomic E-state index is -0.356. The van der Waals surface area contributed by atoms with Crippen LogP contribution < -0.4 is 15.4 Å². The number of thioether (sulfide) groups is 1. The summed E-state index contributed by atoms with van der Waals surface area (Å²) in [4.78, 5) is 13.4. The summed E-state index contributed by atoms with van der Waals surface area (Å²) in [6, 6.07) is 19.0. The van der Waals surface area contributed by atoms with Crippen molar-refractivity contribution in [3.05, 3.63) is 98.0 Å². The topological polar surface area (TPSA) is 55.3 Å². The van der Waals surface area contributed by atoms with E-state index in [4.69, 9.17) is 39.5 Å². The van der Waals surface area contributed by atoms with Gasteiger partial charge in [0.15, 0.2) is 5.50 Å². The van der Waals surface area contributed by atoms with Crippen molar-refractivity contribution in [3.8, 4) is 5.75 Å². The van der Waals surface area contributed by atoms with Crippen LogP contribution in [0.5, 0.6) is 5.75 Å². The van der Waals surface area contributed by atoms with Gasteiger partial charge < -0.3 is 19.9 Å². The Labute approximate surface area is 222 Å². The van der Waals surface area contributed by atoms with Crippen LogP contribution in [0.2, 0.25) is 15.1 Å². The number of amides is 1. The van der Waals surface area contributed by atoms with Crippen molar-refractivity contribution >= 4 is 75.1 Å². The Morgan fingerprint density at radius 3 is 2.71 bits per heavy atom. The summed E-state index contributed by atoms with van der Waals surface area (Å²) in [6.45, 7) is 0.624. The van der Waals surface area contributed by atoms with Crippen molar-refractivity contribution in [1.29, 1.82) is 0 Å². The highest BCUT2D eigenvalue weighted by molar-refractivity contribution is 8.05. The van der Waals surface area contributed by atoms with Crippen molar-refractivity contribution in [2.45, 2.75) is 12.0 Å². The van der Waals surface area contributed by atoms with E-state index >= 15 is 0 Å². The maximum absolute atomic E-state index is 12.8. The number of anilines is 1. The molecule has 178 valence electrons. The lowest BCUT2D eigenvalue weighted by molar-refractivity contribution is -0.116. The summed E-state index contributed by atoms with van der Waals surface area (Å²) in [5.41, 5.74) is 3.40. The molecule has 1 amide bonds. The third-order valence-corrected chi connectivity index (χ3v) is 7.62. The number of benzene rings is 3. The summed E-state index contributed by atoms with van der Waals surface area (Å²) in [5.74, 6) is 0.502. The van der Waals surface area contributed by atoms with E-state index in [1.54, 1.807) is 31.4 Å². The first-order valence-electron chi connectivity index (χ1n) is 10.7. The fraction of sp³-hybridized carbons (Fsp3) is 0.115. The Morgan fingerprint density at radius 1 is 1.09 bits per heavy atom. The molecule has 0 saturated carbocycles. The molecule has 0 aliphatic carbocycles. The summed E-state index contributed by atoms with van der Waals surface area (Å²) in [5, 5.41) is 8.93. The second-order valence-corrected chi connectivity index (χ2v) is 10.3. The van der Waals surface area contributed by atoms with E-state index in [2.05, 4.69) is 33.5 Å². The SMILES string of the molecule is COc1ccc(Cl)cc1NC1NC(=O)/C(=C/c2cn(Cc3ccc(Cl)c(Cl)c3)c3ccccc23)S1. The molecule has 0 spiro atoms. The van der Waals surface area contributed by atoms with Crippen LogP contribution in [-0.4, -0.2) is 23.1 Å². The van der Waals surface area contributed by atoms with Crippen molar-refractivity contribution in [3.63, 3.8) is 0 Å². The van der Waals surface area contributed by atoms with E-state index in [9.17, 15) is 4.79 Å². The predicted octanol–water partition coefficient (Wildman–Crippen LogP) is 7.26. The predicted molar refractivity (Wildman–Crippen MR) is 147 cm³/mol. The van der Waals surface area contributed by atoms with Gasteiger partial charge in [-0.2, -0.15) is 0 Å². The van der Waals surface area contributed by atoms with Gasteiger partial charge in [-0.3, -0.25) is 4.79 Å². The third-order valence-electron chi connectivity index (χ3n) is 5.62. The standard InChI is InChI=1S/C26H20Cl3N3O2S/c1-34-23-9-7-17(27)12-21(23)30-26-31-25(33)24(35-26)11-16-14-32(22-5-3-2-4-18(16)22)13-15-6-8-19(28)20(29)10-15/h2-12,14,26,30H,13H2,1H3,(H,31,33)/b24-11-. The maximum atomic E-state index is 12.8. The van der Waals surface area contributed by atoms with Crippen molar-refractivity contribution in [1.82, 2.24) is 9.88 Å². The fourth-order valence-electron chi connectivity index (χ4n) is 4.00. The first kappa shape index (κ1) is 23.9. The zero-order valence-electron chi connectivity index (χ0n) is 18.5. The lowest BCUT2D eigenvalue weighted by Crippen LogP contribution is -2.31. The van der Waals surface area contributed by atoms with Gasteiger partial charge >= 0.3 is 0 Å². The molecular formula is C26H20Cl3N3O2S. The quantitative estimate of drug-likeness (QED) is 0.251. The van der Waals surface area contributed by atoms with Crippen LogP contribution in [0.15, 0.2) is 71.8 Å². The average Bonchev–Trinajstić information content (AvgIpc) is 3.36. The largest absolute Gasteiger partial charge is 0.495 e. The zero-order valence-corrected chi connectivity index (χ0v) is 21.6. The summed E-state index contributed by atoms with van der Waals surface area (Å²) in [7, 11) is 1.59. The third kappa shape index (κ3) is 5.11. The summed E-state index contributed by atoms with van der Waals surface area (Å²) < 4.78 is 7.54. The highest BCUT2D eigenvalue weighted by Crippen LogP contribution is 2.35. The van der Waals surface area contributed by atoms with Crippen LogP contribution >= 0.6 is 46.6 Å². The number of ether oxygens (including phenoxy) is 1. The highest BCUT2D eigenvalue weighted by atomic mass is 35.5. The van der Waals surface area contributed by atoms with Crippen LogP contribution in [0.1, 0.15) is 11.1 Å². The number of hydrogen-bond acceptors (Lipinski definition) is 4. The first-order chi connectivity index (χ1) is 16.9. The fourth-order valence-corrected chi connectivity index (χ4v) is 5.46. The van der Waals surface area contributed by atoms with Gasteiger partial charge in [-0.15, -0.1) is 0 Å². The molecular weight excluding hydrogens is 525 g/mol. The number of fused-ring (bicyclic) bond motifs is 1. The smallest absolute Gasteiger partial charge is 0.260 e. The molecule has 1 aliphatic heterocycles. The molecule has 2 heterocycles. The molecule has 4 aromatic rings. The Morgan fingerprint density at radius 2 is 1.91 bits per heavy atom. The lowest BCUT2D eigenvalue weighted by atomic mass is 10.1. The van der Waals surface area contributed by atoms with Gasteiger partial charge in [-0.05, 0) is 48.0 Å². The number of hydrogen-bond donors (Lipinski definition) is 2. The molecule has 1 fully saturated rings. The van der Waals surface area contributed by atoms with E-state index < -0.39 is 0 Å². The van der Waals surface area contributed by atoms with Gasteiger partial charge in [0.2, 0.25) is 0 Å². The lowest BCUT2D eigenvalue weighted by Gasteiger charge is -2.15. The van der Waals surface area contributed by atoms with E-state index in [0.29, 0.717) is 38.0 Å². The van der Waals surface area contributed by atoms with Crippen molar-refractivity contribution in [2.24, 2.45) is 0 Å². The van der Waals surface area contributed by atoms with Gasteiger partial charge in [-0.25, -0.2) is 0 Å². The van der Waals surface area contributed by atoms with Crippen LogP contribution in [0.25, 0.3) is 17.0 Å². The second-order valence-electron chi connectivity index (χ2n) is 7.95. The van der Waals surface area contributed by atoms with E-state index in [-0.39, 0.29) is 11.4 Å². The molecule has 1 aromatic heterocycles. The minimum Gasteiger partial charge on any atom is -0.495 e. The zero-order chi connectivity index (χ0) is 24.5. The van der Waals surface area contributed by atoms with Crippen molar-refractivity contribution in [2.75, 3.05) is 12.4 Å². The first-order valence-corrected chi connectivity index (χ1v) is 12.7. The van der Waals surface area contributed by atoms with Crippen LogP contribution in [-0.2, 0) is 11.3 Å². The molecule has 1 aliphatic rings. The number of carbonyl (C=O) groups excluding carboxylic acids is 1. The van der Waals surface area contributed by atoms with E-state index in [1.807, 2.05) is 30.3 Å². The number of rotatable bonds is 6.